The van der Waals surface area contributed by atoms with Crippen molar-refractivity contribution in [3.8, 4) is 5.75 Å². The van der Waals surface area contributed by atoms with E-state index in [4.69, 9.17) is 16.3 Å². The Morgan fingerprint density at radius 1 is 1.29 bits per heavy atom. The van der Waals surface area contributed by atoms with Gasteiger partial charge in [-0.15, -0.1) is 0 Å². The largest absolute Gasteiger partial charge is 0.493 e. The van der Waals surface area contributed by atoms with E-state index in [9.17, 15) is 8.42 Å². The first kappa shape index (κ1) is 21.1. The monoisotopic (exact) mass is 426 g/mol. The number of nitrogens with zero attached hydrogens (tertiary/aromatic N) is 3. The first-order valence-electron chi connectivity index (χ1n) is 9.61. The zero-order chi connectivity index (χ0) is 20.1. The van der Waals surface area contributed by atoms with Gasteiger partial charge in [0, 0.05) is 49.2 Å². The van der Waals surface area contributed by atoms with Crippen LogP contribution in [0.5, 0.6) is 5.75 Å². The van der Waals surface area contributed by atoms with E-state index in [1.165, 1.54) is 4.31 Å². The number of aromatic nitrogens is 2. The minimum Gasteiger partial charge on any atom is -0.493 e. The number of hydrogen-bond acceptors (Lipinski definition) is 4. The van der Waals surface area contributed by atoms with E-state index < -0.39 is 10.2 Å². The molecule has 2 heterocycles. The van der Waals surface area contributed by atoms with Gasteiger partial charge < -0.3 is 4.74 Å². The Balaban J connectivity index is 1.53. The molecule has 154 valence electrons. The van der Waals surface area contributed by atoms with Crippen LogP contribution in [0.4, 0.5) is 0 Å². The molecule has 1 aromatic heterocycles. The fourth-order valence-electron chi connectivity index (χ4n) is 3.42. The molecule has 1 aliphatic heterocycles. The standard InChI is InChI=1S/C19H27ClN4O3S/c1-3-23(4-2)28(25,26)24-11-9-15(14-24)19-13-17(21-22-19)10-12-27-18-7-5-16(20)6-8-18/h5-8,13,15H,3-4,9-12,14H2,1-2H3,(H,21,22)/t15-/m1/s1. The lowest BCUT2D eigenvalue weighted by Gasteiger charge is -2.25. The van der Waals surface area contributed by atoms with Gasteiger partial charge in [-0.05, 0) is 36.8 Å². The first-order chi connectivity index (χ1) is 13.4. The molecule has 1 aliphatic rings. The lowest BCUT2D eigenvalue weighted by molar-refractivity contribution is 0.320. The van der Waals surface area contributed by atoms with Crippen molar-refractivity contribution >= 4 is 21.8 Å². The van der Waals surface area contributed by atoms with E-state index in [1.807, 2.05) is 32.0 Å². The molecule has 1 saturated heterocycles. The van der Waals surface area contributed by atoms with Crippen molar-refractivity contribution < 1.29 is 13.2 Å². The number of hydrogen-bond donors (Lipinski definition) is 1. The lowest BCUT2D eigenvalue weighted by Crippen LogP contribution is -2.42. The molecule has 1 aromatic carbocycles. The minimum atomic E-state index is -3.38. The van der Waals surface area contributed by atoms with E-state index in [1.54, 1.807) is 16.4 Å². The number of halogens is 1. The molecule has 0 radical (unpaired) electrons. The van der Waals surface area contributed by atoms with Crippen molar-refractivity contribution in [2.75, 3.05) is 32.8 Å². The summed E-state index contributed by atoms with van der Waals surface area (Å²) < 4.78 is 34.1. The summed E-state index contributed by atoms with van der Waals surface area (Å²) in [6.45, 7) is 6.23. The van der Waals surface area contributed by atoms with Gasteiger partial charge in [-0.25, -0.2) is 0 Å². The first-order valence-corrected chi connectivity index (χ1v) is 11.4. The molecule has 1 N–H and O–H groups in total. The number of nitrogens with one attached hydrogen (secondary N) is 1. The van der Waals surface area contributed by atoms with Crippen LogP contribution < -0.4 is 4.74 Å². The lowest BCUT2D eigenvalue weighted by atomic mass is 10.0. The van der Waals surface area contributed by atoms with Crippen LogP contribution in [0.15, 0.2) is 30.3 Å². The highest BCUT2D eigenvalue weighted by atomic mass is 35.5. The molecule has 0 saturated carbocycles. The van der Waals surface area contributed by atoms with Crippen molar-refractivity contribution in [2.24, 2.45) is 0 Å². The van der Waals surface area contributed by atoms with Gasteiger partial charge in [-0.3, -0.25) is 5.10 Å². The third kappa shape index (κ3) is 4.86. The zero-order valence-electron chi connectivity index (χ0n) is 16.3. The average Bonchev–Trinajstić information content (AvgIpc) is 3.34. The van der Waals surface area contributed by atoms with Gasteiger partial charge in [0.15, 0.2) is 0 Å². The topological polar surface area (TPSA) is 78.5 Å². The Labute approximate surface area is 171 Å². The Kier molecular flexibility index (Phi) is 6.98. The van der Waals surface area contributed by atoms with E-state index in [0.717, 1.165) is 23.6 Å². The third-order valence-electron chi connectivity index (χ3n) is 5.03. The summed E-state index contributed by atoms with van der Waals surface area (Å²) in [6, 6.07) is 9.28. The molecule has 0 aliphatic carbocycles. The molecule has 9 heteroatoms. The number of ether oxygens (including phenoxy) is 1. The summed E-state index contributed by atoms with van der Waals surface area (Å²) in [5, 5.41) is 8.13. The summed E-state index contributed by atoms with van der Waals surface area (Å²) in [6.07, 6.45) is 1.48. The summed E-state index contributed by atoms with van der Waals surface area (Å²) >= 11 is 5.87. The van der Waals surface area contributed by atoms with Crippen LogP contribution in [-0.2, 0) is 16.6 Å². The van der Waals surface area contributed by atoms with Crippen LogP contribution in [0.3, 0.4) is 0 Å². The Morgan fingerprint density at radius 3 is 2.68 bits per heavy atom. The molecule has 1 atom stereocenters. The molecule has 2 aromatic rings. The Hall–Kier alpha value is -1.61. The van der Waals surface area contributed by atoms with E-state index in [2.05, 4.69) is 10.2 Å². The maximum atomic E-state index is 12.7. The van der Waals surface area contributed by atoms with Crippen molar-refractivity contribution in [1.82, 2.24) is 18.8 Å². The summed E-state index contributed by atoms with van der Waals surface area (Å²) in [5.74, 6) is 0.893. The van der Waals surface area contributed by atoms with Crippen LogP contribution >= 0.6 is 11.6 Å². The second-order valence-electron chi connectivity index (χ2n) is 6.81. The molecule has 1 fully saturated rings. The van der Waals surface area contributed by atoms with Crippen LogP contribution in [-0.4, -0.2) is 60.0 Å². The summed E-state index contributed by atoms with van der Waals surface area (Å²) in [5.41, 5.74) is 1.90. The SMILES string of the molecule is CCN(CC)S(=O)(=O)N1CC[C@@H](c2cc(CCOc3ccc(Cl)cc3)[nH]n2)C1. The zero-order valence-corrected chi connectivity index (χ0v) is 17.8. The minimum absolute atomic E-state index is 0.118. The van der Waals surface area contributed by atoms with Gasteiger partial charge in [-0.1, -0.05) is 25.4 Å². The van der Waals surface area contributed by atoms with Gasteiger partial charge in [0.05, 0.1) is 12.3 Å². The number of H-pyrrole nitrogens is 1. The predicted octanol–water partition coefficient (Wildman–Crippen LogP) is 3.06. The van der Waals surface area contributed by atoms with Gasteiger partial charge >= 0.3 is 0 Å². The molecule has 3 rings (SSSR count). The van der Waals surface area contributed by atoms with Crippen molar-refractivity contribution in [3.63, 3.8) is 0 Å². The predicted molar refractivity (Wildman–Crippen MR) is 110 cm³/mol. The van der Waals surface area contributed by atoms with Crippen LogP contribution in [0.2, 0.25) is 5.02 Å². The highest BCUT2D eigenvalue weighted by molar-refractivity contribution is 7.86. The highest BCUT2D eigenvalue weighted by Gasteiger charge is 2.35. The molecule has 0 bridgehead atoms. The van der Waals surface area contributed by atoms with Gasteiger partial charge in [0.2, 0.25) is 0 Å². The normalized spacial score (nSPS) is 18.1. The van der Waals surface area contributed by atoms with Crippen molar-refractivity contribution in [2.45, 2.75) is 32.6 Å². The maximum absolute atomic E-state index is 12.7. The fraction of sp³-hybridized carbons (Fsp3) is 0.526. The second kappa shape index (κ2) is 9.26. The molecule has 0 amide bonds. The second-order valence-corrected chi connectivity index (χ2v) is 9.17. The van der Waals surface area contributed by atoms with E-state index in [-0.39, 0.29) is 5.92 Å². The highest BCUT2D eigenvalue weighted by Crippen LogP contribution is 2.29. The average molecular weight is 427 g/mol. The summed E-state index contributed by atoms with van der Waals surface area (Å²) in [4.78, 5) is 0. The van der Waals surface area contributed by atoms with E-state index in [0.29, 0.717) is 44.2 Å². The third-order valence-corrected chi connectivity index (χ3v) is 7.44. The molecule has 28 heavy (non-hydrogen) atoms. The molecule has 7 nitrogen and oxygen atoms in total. The summed E-state index contributed by atoms with van der Waals surface area (Å²) in [7, 11) is -3.38. The molecular formula is C19H27ClN4O3S. The van der Waals surface area contributed by atoms with Gasteiger partial charge in [0.1, 0.15) is 5.75 Å². The van der Waals surface area contributed by atoms with Gasteiger partial charge in [0.25, 0.3) is 10.2 Å². The van der Waals surface area contributed by atoms with E-state index >= 15 is 0 Å². The van der Waals surface area contributed by atoms with Crippen LogP contribution in [0, 0.1) is 0 Å². The maximum Gasteiger partial charge on any atom is 0.281 e. The Bertz CT molecular complexity index is 866. The smallest absolute Gasteiger partial charge is 0.281 e. The molecule has 0 spiro atoms. The van der Waals surface area contributed by atoms with Crippen molar-refractivity contribution in [3.05, 3.63) is 46.7 Å². The quantitative estimate of drug-likeness (QED) is 0.668. The van der Waals surface area contributed by atoms with Gasteiger partial charge in [-0.2, -0.15) is 22.1 Å². The fourth-order valence-corrected chi connectivity index (χ4v) is 5.23. The number of rotatable bonds is 9. The van der Waals surface area contributed by atoms with Crippen LogP contribution in [0.1, 0.15) is 37.6 Å². The Morgan fingerprint density at radius 2 is 2.00 bits per heavy atom. The molecular weight excluding hydrogens is 400 g/mol. The van der Waals surface area contributed by atoms with Crippen molar-refractivity contribution in [1.29, 1.82) is 0 Å². The number of benzene rings is 1. The molecule has 0 unspecified atom stereocenters. The van der Waals surface area contributed by atoms with Crippen LogP contribution in [0.25, 0.3) is 0 Å². The number of aromatic amines is 1.